The van der Waals surface area contributed by atoms with Crippen molar-refractivity contribution in [1.29, 1.82) is 0 Å². The second-order valence-electron chi connectivity index (χ2n) is 7.17. The topological polar surface area (TPSA) is 24.5 Å². The summed E-state index contributed by atoms with van der Waals surface area (Å²) in [4.78, 5) is 0. The minimum Gasteiger partial charge on any atom is -0.471 e. The van der Waals surface area contributed by atoms with Gasteiger partial charge in [-0.3, -0.25) is 0 Å². The summed E-state index contributed by atoms with van der Waals surface area (Å²) in [6, 6.07) is 17.5. The molecule has 1 saturated carbocycles. The van der Waals surface area contributed by atoms with Crippen LogP contribution in [-0.4, -0.2) is 10.7 Å². The molecule has 3 nitrogen and oxygen atoms in total. The van der Waals surface area contributed by atoms with Crippen LogP contribution in [0.3, 0.4) is 0 Å². The fourth-order valence-corrected chi connectivity index (χ4v) is 4.29. The monoisotopic (exact) mass is 318 g/mol. The number of fused-ring (bicyclic) bond motifs is 4. The van der Waals surface area contributed by atoms with E-state index in [0.29, 0.717) is 0 Å². The van der Waals surface area contributed by atoms with E-state index in [9.17, 15) is 0 Å². The molecule has 2 heterocycles. The largest absolute Gasteiger partial charge is 0.471 e. The van der Waals surface area contributed by atoms with Crippen molar-refractivity contribution in [3.05, 3.63) is 71.3 Å². The molecule has 1 fully saturated rings. The number of hydrogen-bond donors (Lipinski definition) is 1. The van der Waals surface area contributed by atoms with Crippen LogP contribution in [0.2, 0.25) is 0 Å². The first-order chi connectivity index (χ1) is 11.8. The van der Waals surface area contributed by atoms with E-state index >= 15 is 0 Å². The van der Waals surface area contributed by atoms with Gasteiger partial charge in [0, 0.05) is 18.4 Å². The number of aryl methyl sites for hydroxylation is 1. The first-order valence-corrected chi connectivity index (χ1v) is 8.88. The third kappa shape index (κ3) is 2.01. The highest BCUT2D eigenvalue weighted by Crippen LogP contribution is 2.50. The smallest absolute Gasteiger partial charge is 0.180 e. The Morgan fingerprint density at radius 2 is 1.79 bits per heavy atom. The molecule has 2 aromatic rings. The highest BCUT2D eigenvalue weighted by molar-refractivity contribution is 5.67. The van der Waals surface area contributed by atoms with Gasteiger partial charge in [-0.15, -0.1) is 0 Å². The third-order valence-corrected chi connectivity index (χ3v) is 5.57. The zero-order valence-electron chi connectivity index (χ0n) is 14.0. The predicted molar refractivity (Wildman–Crippen MR) is 95.1 cm³/mol. The molecule has 3 heteroatoms. The van der Waals surface area contributed by atoms with Crippen LogP contribution >= 0.6 is 0 Å². The van der Waals surface area contributed by atoms with Crippen LogP contribution in [0.1, 0.15) is 48.4 Å². The number of benzene rings is 2. The van der Waals surface area contributed by atoms with Crippen LogP contribution in [0.15, 0.2) is 54.6 Å². The van der Waals surface area contributed by atoms with Gasteiger partial charge in [0.15, 0.2) is 5.72 Å². The zero-order valence-corrected chi connectivity index (χ0v) is 14.0. The van der Waals surface area contributed by atoms with Gasteiger partial charge >= 0.3 is 0 Å². The van der Waals surface area contributed by atoms with Gasteiger partial charge in [-0.2, -0.15) is 5.01 Å². The molecule has 0 saturated heterocycles. The second-order valence-corrected chi connectivity index (χ2v) is 7.17. The molecule has 5 rings (SSSR count). The Labute approximate surface area is 142 Å². The SMILES string of the molecule is Cc1ccc(C2=C[C@@H]3c4ccccc4OC4(CCCC4)N3N2)cc1. The molecular weight excluding hydrogens is 296 g/mol. The Morgan fingerprint density at radius 1 is 1.04 bits per heavy atom. The molecule has 0 unspecified atom stereocenters. The quantitative estimate of drug-likeness (QED) is 0.834. The van der Waals surface area contributed by atoms with Gasteiger partial charge in [-0.1, -0.05) is 48.0 Å². The first kappa shape index (κ1) is 14.1. The van der Waals surface area contributed by atoms with E-state index < -0.39 is 0 Å². The molecular formula is C21H22N2O. The van der Waals surface area contributed by atoms with Crippen LogP contribution in [0.5, 0.6) is 5.75 Å². The van der Waals surface area contributed by atoms with E-state index in [1.54, 1.807) is 0 Å². The highest BCUT2D eigenvalue weighted by Gasteiger charge is 2.51. The molecule has 1 N–H and O–H groups in total. The van der Waals surface area contributed by atoms with Gasteiger partial charge in [0.1, 0.15) is 5.75 Å². The average Bonchev–Trinajstić information content (AvgIpc) is 3.24. The molecule has 0 amide bonds. The van der Waals surface area contributed by atoms with Crippen LogP contribution < -0.4 is 10.2 Å². The number of para-hydroxylation sites is 1. The third-order valence-electron chi connectivity index (χ3n) is 5.57. The Hall–Kier alpha value is -2.26. The Bertz CT molecular complexity index is 803. The van der Waals surface area contributed by atoms with Gasteiger partial charge in [-0.25, -0.2) is 0 Å². The summed E-state index contributed by atoms with van der Waals surface area (Å²) >= 11 is 0. The van der Waals surface area contributed by atoms with Crippen LogP contribution in [0.4, 0.5) is 0 Å². The minimum absolute atomic E-state index is 0.206. The molecule has 2 aromatic carbocycles. The lowest BCUT2D eigenvalue weighted by atomic mass is 9.98. The van der Waals surface area contributed by atoms with Gasteiger partial charge in [0.05, 0.1) is 11.7 Å². The van der Waals surface area contributed by atoms with E-state index in [-0.39, 0.29) is 11.8 Å². The fraction of sp³-hybridized carbons (Fsp3) is 0.333. The second kappa shape index (κ2) is 5.12. The molecule has 0 radical (unpaired) electrons. The van der Waals surface area contributed by atoms with Crippen molar-refractivity contribution in [3.8, 4) is 5.75 Å². The lowest BCUT2D eigenvalue weighted by Crippen LogP contribution is -2.58. The maximum absolute atomic E-state index is 6.53. The van der Waals surface area contributed by atoms with Crippen LogP contribution in [0.25, 0.3) is 5.70 Å². The van der Waals surface area contributed by atoms with Gasteiger partial charge in [0.25, 0.3) is 0 Å². The van der Waals surface area contributed by atoms with Crippen LogP contribution in [0, 0.1) is 6.92 Å². The average molecular weight is 318 g/mol. The molecule has 122 valence electrons. The number of nitrogens with zero attached hydrogens (tertiary/aromatic N) is 1. The molecule has 1 aliphatic carbocycles. The summed E-state index contributed by atoms with van der Waals surface area (Å²) in [6.45, 7) is 2.13. The normalized spacial score (nSPS) is 24.0. The lowest BCUT2D eigenvalue weighted by Gasteiger charge is -2.46. The molecule has 1 atom stereocenters. The fourth-order valence-electron chi connectivity index (χ4n) is 4.29. The summed E-state index contributed by atoms with van der Waals surface area (Å²) in [5.41, 5.74) is 8.43. The number of hydrazine groups is 1. The Balaban J connectivity index is 1.59. The van der Waals surface area contributed by atoms with E-state index in [2.05, 4.69) is 72.0 Å². The summed E-state index contributed by atoms with van der Waals surface area (Å²) in [7, 11) is 0. The van der Waals surface area contributed by atoms with Crippen molar-refractivity contribution in [2.75, 3.05) is 0 Å². The van der Waals surface area contributed by atoms with E-state index in [4.69, 9.17) is 4.74 Å². The van der Waals surface area contributed by atoms with Crippen molar-refractivity contribution >= 4 is 5.70 Å². The van der Waals surface area contributed by atoms with Crippen molar-refractivity contribution in [1.82, 2.24) is 10.4 Å². The maximum atomic E-state index is 6.53. The summed E-state index contributed by atoms with van der Waals surface area (Å²) in [6.07, 6.45) is 6.98. The Kier molecular flexibility index (Phi) is 3.01. The number of nitrogens with one attached hydrogen (secondary N) is 1. The van der Waals surface area contributed by atoms with Crippen molar-refractivity contribution in [3.63, 3.8) is 0 Å². The maximum Gasteiger partial charge on any atom is 0.180 e. The standard InChI is InChI=1S/C21H22N2O/c1-15-8-10-16(11-9-15)18-14-19-17-6-2-3-7-20(17)24-21(23(19)22-18)12-4-5-13-21/h2-3,6-11,14,19,22H,4-5,12-13H2,1H3/t19-/m1/s1. The summed E-state index contributed by atoms with van der Waals surface area (Å²) < 4.78 is 6.53. The molecule has 3 aliphatic rings. The highest BCUT2D eigenvalue weighted by atomic mass is 16.5. The van der Waals surface area contributed by atoms with E-state index in [0.717, 1.165) is 18.6 Å². The van der Waals surface area contributed by atoms with Gasteiger partial charge < -0.3 is 10.2 Å². The predicted octanol–water partition coefficient (Wildman–Crippen LogP) is 4.56. The van der Waals surface area contributed by atoms with Gasteiger partial charge in [-0.05, 0) is 37.5 Å². The number of hydrogen-bond acceptors (Lipinski definition) is 3. The van der Waals surface area contributed by atoms with E-state index in [1.165, 1.54) is 35.2 Å². The molecule has 2 aliphatic heterocycles. The van der Waals surface area contributed by atoms with E-state index in [1.807, 2.05) is 0 Å². The molecule has 1 spiro atoms. The molecule has 0 aromatic heterocycles. The van der Waals surface area contributed by atoms with Crippen molar-refractivity contribution in [2.45, 2.75) is 44.4 Å². The first-order valence-electron chi connectivity index (χ1n) is 8.88. The summed E-state index contributed by atoms with van der Waals surface area (Å²) in [5.74, 6) is 1.05. The zero-order chi connectivity index (χ0) is 16.1. The number of ether oxygens (including phenoxy) is 1. The number of rotatable bonds is 1. The van der Waals surface area contributed by atoms with Gasteiger partial charge in [0.2, 0.25) is 0 Å². The van der Waals surface area contributed by atoms with Crippen molar-refractivity contribution in [2.24, 2.45) is 0 Å². The molecule has 24 heavy (non-hydrogen) atoms. The molecule has 0 bridgehead atoms. The van der Waals surface area contributed by atoms with Crippen LogP contribution in [-0.2, 0) is 0 Å². The minimum atomic E-state index is -0.206. The van der Waals surface area contributed by atoms with Crippen molar-refractivity contribution < 1.29 is 4.74 Å². The summed E-state index contributed by atoms with van der Waals surface area (Å²) in [5, 5.41) is 2.36. The Morgan fingerprint density at radius 3 is 2.58 bits per heavy atom. The lowest BCUT2D eigenvalue weighted by molar-refractivity contribution is -0.125.